The molecule has 0 fully saturated rings. The van der Waals surface area contributed by atoms with E-state index in [1.807, 2.05) is 24.4 Å². The molecule has 1 aliphatic heterocycles. The number of nitrogens with zero attached hydrogens (tertiary/aromatic N) is 3. The molecule has 2 heterocycles. The summed E-state index contributed by atoms with van der Waals surface area (Å²) in [5.74, 6) is 0.852. The molecule has 0 saturated carbocycles. The van der Waals surface area contributed by atoms with Crippen molar-refractivity contribution in [3.8, 4) is 5.75 Å². The van der Waals surface area contributed by atoms with Crippen molar-refractivity contribution in [3.63, 3.8) is 0 Å². The van der Waals surface area contributed by atoms with Crippen LogP contribution in [0.4, 0.5) is 11.4 Å². The van der Waals surface area contributed by atoms with E-state index in [0.717, 1.165) is 29.4 Å². The van der Waals surface area contributed by atoms with E-state index in [0.29, 0.717) is 26.2 Å². The summed E-state index contributed by atoms with van der Waals surface area (Å²) in [5.41, 5.74) is 2.79. The molecule has 7 heteroatoms. The van der Waals surface area contributed by atoms with Crippen LogP contribution in [0.1, 0.15) is 12.1 Å². The van der Waals surface area contributed by atoms with E-state index >= 15 is 0 Å². The van der Waals surface area contributed by atoms with E-state index in [1.165, 1.54) is 0 Å². The second-order valence-electron chi connectivity index (χ2n) is 5.68. The fourth-order valence-electron chi connectivity index (χ4n) is 2.71. The van der Waals surface area contributed by atoms with Crippen molar-refractivity contribution in [1.82, 2.24) is 9.97 Å². The maximum Gasteiger partial charge on any atom is 0.229 e. The minimum absolute atomic E-state index is 0.0207. The van der Waals surface area contributed by atoms with Gasteiger partial charge >= 0.3 is 0 Å². The zero-order valence-electron chi connectivity index (χ0n) is 14.0. The van der Waals surface area contributed by atoms with Gasteiger partial charge in [-0.25, -0.2) is 4.98 Å². The molecule has 1 N–H and O–H groups in total. The Balaban J connectivity index is 1.81. The van der Waals surface area contributed by atoms with Crippen molar-refractivity contribution in [2.45, 2.75) is 13.0 Å². The third-order valence-electron chi connectivity index (χ3n) is 4.09. The highest BCUT2D eigenvalue weighted by molar-refractivity contribution is 5.93. The molecular formula is C17H22N4O3. The molecule has 0 spiro atoms. The van der Waals surface area contributed by atoms with Crippen LogP contribution in [0, 0.1) is 0 Å². The van der Waals surface area contributed by atoms with Gasteiger partial charge in [-0.1, -0.05) is 0 Å². The molecule has 1 amide bonds. The van der Waals surface area contributed by atoms with Crippen LogP contribution >= 0.6 is 0 Å². The Morgan fingerprint density at radius 2 is 2.38 bits per heavy atom. The molecule has 0 atom stereocenters. The smallest absolute Gasteiger partial charge is 0.229 e. The summed E-state index contributed by atoms with van der Waals surface area (Å²) in [4.78, 5) is 23.3. The van der Waals surface area contributed by atoms with Crippen LogP contribution in [-0.4, -0.2) is 49.8 Å². The highest BCUT2D eigenvalue weighted by atomic mass is 16.5. The van der Waals surface area contributed by atoms with Gasteiger partial charge in [0.2, 0.25) is 5.91 Å². The first-order valence-electron chi connectivity index (χ1n) is 7.94. The monoisotopic (exact) mass is 330 g/mol. The summed E-state index contributed by atoms with van der Waals surface area (Å²) >= 11 is 0. The zero-order valence-corrected chi connectivity index (χ0v) is 14.0. The van der Waals surface area contributed by atoms with Gasteiger partial charge in [0.05, 0.1) is 43.8 Å². The molecule has 1 aromatic heterocycles. The highest BCUT2D eigenvalue weighted by Gasteiger charge is 2.21. The number of hydrogen-bond donors (Lipinski definition) is 1. The summed E-state index contributed by atoms with van der Waals surface area (Å²) in [6.07, 6.45) is 3.92. The summed E-state index contributed by atoms with van der Waals surface area (Å²) in [6.45, 7) is 2.54. The quantitative estimate of drug-likeness (QED) is 0.875. The van der Waals surface area contributed by atoms with Crippen LogP contribution in [0.3, 0.4) is 0 Å². The minimum Gasteiger partial charge on any atom is -0.490 e. The number of benzene rings is 1. The number of anilines is 2. The van der Waals surface area contributed by atoms with Crippen LogP contribution in [0.5, 0.6) is 5.75 Å². The van der Waals surface area contributed by atoms with Gasteiger partial charge in [-0.15, -0.1) is 0 Å². The number of H-pyrrole nitrogens is 1. The number of fused-ring (bicyclic) bond motifs is 1. The number of aromatic nitrogens is 2. The molecule has 0 radical (unpaired) electrons. The second-order valence-corrected chi connectivity index (χ2v) is 5.68. The predicted molar refractivity (Wildman–Crippen MR) is 91.5 cm³/mol. The number of imidazole rings is 1. The molecule has 1 aromatic carbocycles. The zero-order chi connectivity index (χ0) is 16.9. The first kappa shape index (κ1) is 16.3. The number of ether oxygens (including phenoxy) is 2. The lowest BCUT2D eigenvalue weighted by Crippen LogP contribution is -2.33. The van der Waals surface area contributed by atoms with Gasteiger partial charge in [0.25, 0.3) is 0 Å². The minimum atomic E-state index is 0.0207. The van der Waals surface area contributed by atoms with Gasteiger partial charge in [0.1, 0.15) is 12.4 Å². The predicted octanol–water partition coefficient (Wildman–Crippen LogP) is 1.81. The average Bonchev–Trinajstić information content (AvgIpc) is 3.12. The summed E-state index contributed by atoms with van der Waals surface area (Å²) in [7, 11) is 3.37. The van der Waals surface area contributed by atoms with Crippen LogP contribution in [0.2, 0.25) is 0 Å². The Labute approximate surface area is 141 Å². The van der Waals surface area contributed by atoms with Crippen molar-refractivity contribution in [1.29, 1.82) is 0 Å². The first-order chi connectivity index (χ1) is 11.7. The normalized spacial score (nSPS) is 13.3. The molecular weight excluding hydrogens is 308 g/mol. The molecule has 24 heavy (non-hydrogen) atoms. The van der Waals surface area contributed by atoms with Gasteiger partial charge in [-0.05, 0) is 18.2 Å². The lowest BCUT2D eigenvalue weighted by Gasteiger charge is -2.32. The Morgan fingerprint density at radius 3 is 3.12 bits per heavy atom. The second kappa shape index (κ2) is 7.35. The standard InChI is InChI=1S/C17H22N4O3/c1-20(17(22)5-7-23-2)14-3-4-16-15(9-14)21(6-8-24-16)11-13-10-18-12-19-13/h3-4,9-10,12H,5-8,11H2,1-2H3,(H,18,19). The van der Waals surface area contributed by atoms with Crippen LogP contribution < -0.4 is 14.5 Å². The lowest BCUT2D eigenvalue weighted by atomic mass is 10.2. The number of carbonyl (C=O) groups is 1. The number of amides is 1. The third-order valence-corrected chi connectivity index (χ3v) is 4.09. The maximum absolute atomic E-state index is 12.2. The van der Waals surface area contributed by atoms with E-state index in [4.69, 9.17) is 9.47 Å². The topological polar surface area (TPSA) is 70.7 Å². The molecule has 0 saturated heterocycles. The number of aromatic amines is 1. The summed E-state index contributed by atoms with van der Waals surface area (Å²) in [6, 6.07) is 5.81. The van der Waals surface area contributed by atoms with E-state index in [1.54, 1.807) is 25.4 Å². The maximum atomic E-state index is 12.2. The lowest BCUT2D eigenvalue weighted by molar-refractivity contribution is -0.119. The molecule has 1 aliphatic rings. The number of hydrogen-bond acceptors (Lipinski definition) is 5. The fraction of sp³-hybridized carbons (Fsp3) is 0.412. The first-order valence-corrected chi connectivity index (χ1v) is 7.94. The summed E-state index contributed by atoms with van der Waals surface area (Å²) in [5, 5.41) is 0. The van der Waals surface area contributed by atoms with Crippen molar-refractivity contribution >= 4 is 17.3 Å². The van der Waals surface area contributed by atoms with Crippen molar-refractivity contribution in [3.05, 3.63) is 36.4 Å². The Bertz CT molecular complexity index is 687. The van der Waals surface area contributed by atoms with Gasteiger partial charge < -0.3 is 24.3 Å². The van der Waals surface area contributed by atoms with E-state index in [2.05, 4.69) is 14.9 Å². The molecule has 0 unspecified atom stereocenters. The van der Waals surface area contributed by atoms with Gasteiger partial charge in [-0.2, -0.15) is 0 Å². The van der Waals surface area contributed by atoms with E-state index in [9.17, 15) is 4.79 Å². The average molecular weight is 330 g/mol. The van der Waals surface area contributed by atoms with Crippen molar-refractivity contribution in [2.75, 3.05) is 43.7 Å². The van der Waals surface area contributed by atoms with Gasteiger partial charge in [-0.3, -0.25) is 4.79 Å². The molecule has 128 valence electrons. The Morgan fingerprint density at radius 1 is 1.50 bits per heavy atom. The number of rotatable bonds is 6. The Hall–Kier alpha value is -2.54. The van der Waals surface area contributed by atoms with Crippen LogP contribution in [0.25, 0.3) is 0 Å². The SMILES string of the molecule is COCCC(=O)N(C)c1ccc2c(c1)N(Cc1c[nH]cn1)CCO2. The van der Waals surface area contributed by atoms with Gasteiger partial charge in [0.15, 0.2) is 0 Å². The molecule has 2 aromatic rings. The molecule has 7 nitrogen and oxygen atoms in total. The molecule has 3 rings (SSSR count). The van der Waals surface area contributed by atoms with E-state index < -0.39 is 0 Å². The Kier molecular flexibility index (Phi) is 5.00. The fourth-order valence-corrected chi connectivity index (χ4v) is 2.71. The van der Waals surface area contributed by atoms with Crippen molar-refractivity contribution < 1.29 is 14.3 Å². The largest absolute Gasteiger partial charge is 0.490 e. The molecule has 0 bridgehead atoms. The number of carbonyl (C=O) groups excluding carboxylic acids is 1. The van der Waals surface area contributed by atoms with Crippen molar-refractivity contribution in [2.24, 2.45) is 0 Å². The molecule has 0 aliphatic carbocycles. The third kappa shape index (κ3) is 3.51. The number of nitrogens with one attached hydrogen (secondary N) is 1. The van der Waals surface area contributed by atoms with Crippen LogP contribution in [0.15, 0.2) is 30.7 Å². The highest BCUT2D eigenvalue weighted by Crippen LogP contribution is 2.35. The summed E-state index contributed by atoms with van der Waals surface area (Å²) < 4.78 is 10.7. The van der Waals surface area contributed by atoms with Gasteiger partial charge in [0, 0.05) is 26.0 Å². The number of methoxy groups -OCH3 is 1. The van der Waals surface area contributed by atoms with Crippen LogP contribution in [-0.2, 0) is 16.1 Å². The van der Waals surface area contributed by atoms with E-state index in [-0.39, 0.29) is 5.91 Å².